The van der Waals surface area contributed by atoms with Crippen molar-refractivity contribution in [2.45, 2.75) is 84.0 Å². The van der Waals surface area contributed by atoms with Crippen molar-refractivity contribution in [2.75, 3.05) is 0 Å². The van der Waals surface area contributed by atoms with Crippen LogP contribution in [-0.2, 0) is 19.3 Å². The van der Waals surface area contributed by atoms with E-state index in [0.29, 0.717) is 35.8 Å². The average molecular weight is 513 g/mol. The van der Waals surface area contributed by atoms with Crippen LogP contribution in [0.2, 0.25) is 0 Å². The van der Waals surface area contributed by atoms with E-state index in [1.807, 2.05) is 24.3 Å². The Bertz CT molecular complexity index is 1200. The second-order valence-corrected chi connectivity index (χ2v) is 10.7. The maximum Gasteiger partial charge on any atom is 0.166 e. The van der Waals surface area contributed by atoms with Crippen molar-refractivity contribution in [3.05, 3.63) is 119 Å². The zero-order valence-corrected chi connectivity index (χ0v) is 23.1. The highest BCUT2D eigenvalue weighted by molar-refractivity contribution is 5.65. The van der Waals surface area contributed by atoms with Crippen LogP contribution in [0.4, 0.5) is 8.78 Å². The van der Waals surface area contributed by atoms with Gasteiger partial charge in [0.25, 0.3) is 0 Å². The molecular formula is C36H42F2. The SMILES string of the molecule is CCCCCc1ccc(C2C=CC(C=CCCc3ccc(-c4ccc(CCC)cc4)c(F)c3F)CC2)cc1. The molecule has 2 atom stereocenters. The zero-order valence-electron chi connectivity index (χ0n) is 23.1. The van der Waals surface area contributed by atoms with Gasteiger partial charge < -0.3 is 0 Å². The Morgan fingerprint density at radius 3 is 2.13 bits per heavy atom. The number of hydrogen-bond donors (Lipinski definition) is 0. The Morgan fingerprint density at radius 1 is 0.711 bits per heavy atom. The molecule has 1 aliphatic carbocycles. The third-order valence-corrected chi connectivity index (χ3v) is 7.81. The van der Waals surface area contributed by atoms with Gasteiger partial charge in [0.2, 0.25) is 0 Å². The number of hydrogen-bond acceptors (Lipinski definition) is 0. The summed E-state index contributed by atoms with van der Waals surface area (Å²) in [5.41, 5.74) is 5.55. The first-order valence-electron chi connectivity index (χ1n) is 14.6. The van der Waals surface area contributed by atoms with Crippen LogP contribution in [0.5, 0.6) is 0 Å². The Morgan fingerprint density at radius 2 is 1.45 bits per heavy atom. The molecule has 0 amide bonds. The maximum atomic E-state index is 14.9. The molecule has 0 aliphatic heterocycles. The van der Waals surface area contributed by atoms with E-state index >= 15 is 0 Å². The Labute approximate surface area is 228 Å². The smallest absolute Gasteiger partial charge is 0.166 e. The minimum absolute atomic E-state index is 0.331. The molecule has 0 nitrogen and oxygen atoms in total. The van der Waals surface area contributed by atoms with Crippen molar-refractivity contribution in [3.8, 4) is 11.1 Å². The third-order valence-electron chi connectivity index (χ3n) is 7.81. The Hall–Kier alpha value is -3.00. The highest BCUT2D eigenvalue weighted by Gasteiger charge is 2.16. The number of benzene rings is 3. The molecule has 2 heteroatoms. The first kappa shape index (κ1) is 28.0. The number of unbranched alkanes of at least 4 members (excludes halogenated alkanes) is 2. The minimum Gasteiger partial charge on any atom is -0.203 e. The lowest BCUT2D eigenvalue weighted by molar-refractivity contribution is 0.501. The molecule has 0 fully saturated rings. The van der Waals surface area contributed by atoms with Gasteiger partial charge in [0, 0.05) is 11.5 Å². The molecule has 1 aliphatic rings. The molecular weight excluding hydrogens is 470 g/mol. The van der Waals surface area contributed by atoms with Crippen LogP contribution >= 0.6 is 0 Å². The highest BCUT2D eigenvalue weighted by atomic mass is 19.2. The minimum atomic E-state index is -0.745. The summed E-state index contributed by atoms with van der Waals surface area (Å²) in [6, 6.07) is 20.4. The summed E-state index contributed by atoms with van der Waals surface area (Å²) < 4.78 is 29.7. The Balaban J connectivity index is 1.27. The van der Waals surface area contributed by atoms with E-state index in [1.165, 1.54) is 42.4 Å². The standard InChI is InChI=1S/C36H42F2/c1-3-5-6-10-28-13-19-30(20-14-28)31-21-15-29(16-22-31)11-7-8-12-33-25-26-34(36(38)35(33)37)32-23-17-27(9-4-2)18-24-32/h7,11,13-15,17-21,23-26,29,31H,3-6,8-10,12,16,22H2,1-2H3. The van der Waals surface area contributed by atoms with Gasteiger partial charge in [-0.2, -0.15) is 0 Å². The first-order valence-corrected chi connectivity index (χ1v) is 14.6. The number of halogens is 2. The van der Waals surface area contributed by atoms with Gasteiger partial charge in [0.05, 0.1) is 0 Å². The molecule has 0 N–H and O–H groups in total. The maximum absolute atomic E-state index is 14.9. The van der Waals surface area contributed by atoms with Gasteiger partial charge in [-0.1, -0.05) is 118 Å². The van der Waals surface area contributed by atoms with E-state index in [1.54, 1.807) is 12.1 Å². The molecule has 38 heavy (non-hydrogen) atoms. The normalized spacial score (nSPS) is 17.4. The number of aryl methyl sites for hydroxylation is 3. The number of rotatable bonds is 12. The van der Waals surface area contributed by atoms with Gasteiger partial charge in [-0.05, 0) is 78.7 Å². The van der Waals surface area contributed by atoms with Crippen LogP contribution in [-0.4, -0.2) is 0 Å². The van der Waals surface area contributed by atoms with E-state index < -0.39 is 11.6 Å². The second kappa shape index (κ2) is 14.2. The van der Waals surface area contributed by atoms with Crippen molar-refractivity contribution in [1.82, 2.24) is 0 Å². The predicted octanol–water partition coefficient (Wildman–Crippen LogP) is 10.6. The highest BCUT2D eigenvalue weighted by Crippen LogP contribution is 2.32. The lowest BCUT2D eigenvalue weighted by Crippen LogP contribution is -2.06. The Kier molecular flexibility index (Phi) is 10.5. The van der Waals surface area contributed by atoms with Crippen LogP contribution in [0.25, 0.3) is 11.1 Å². The van der Waals surface area contributed by atoms with E-state index in [2.05, 4.69) is 62.4 Å². The monoisotopic (exact) mass is 512 g/mol. The fourth-order valence-corrected chi connectivity index (χ4v) is 5.45. The zero-order chi connectivity index (χ0) is 26.7. The lowest BCUT2D eigenvalue weighted by atomic mass is 9.84. The lowest BCUT2D eigenvalue weighted by Gasteiger charge is -2.21. The van der Waals surface area contributed by atoms with Gasteiger partial charge in [0.15, 0.2) is 11.6 Å². The molecule has 0 radical (unpaired) electrons. The quantitative estimate of drug-likeness (QED) is 0.167. The molecule has 3 aromatic rings. The van der Waals surface area contributed by atoms with E-state index in [-0.39, 0.29) is 0 Å². The van der Waals surface area contributed by atoms with E-state index in [9.17, 15) is 8.78 Å². The van der Waals surface area contributed by atoms with E-state index in [0.717, 1.165) is 31.2 Å². The topological polar surface area (TPSA) is 0 Å². The average Bonchev–Trinajstić information content (AvgIpc) is 2.95. The number of allylic oxidation sites excluding steroid dienone is 4. The summed E-state index contributed by atoms with van der Waals surface area (Å²) in [7, 11) is 0. The van der Waals surface area contributed by atoms with Gasteiger partial charge >= 0.3 is 0 Å². The van der Waals surface area contributed by atoms with Gasteiger partial charge in [-0.15, -0.1) is 0 Å². The summed E-state index contributed by atoms with van der Waals surface area (Å²) in [6.07, 6.45) is 19.5. The summed E-state index contributed by atoms with van der Waals surface area (Å²) in [6.45, 7) is 4.38. The molecule has 0 spiro atoms. The van der Waals surface area contributed by atoms with Crippen molar-refractivity contribution < 1.29 is 8.78 Å². The second-order valence-electron chi connectivity index (χ2n) is 10.7. The molecule has 0 aromatic heterocycles. The largest absolute Gasteiger partial charge is 0.203 e. The molecule has 0 saturated carbocycles. The molecule has 0 saturated heterocycles. The summed E-state index contributed by atoms with van der Waals surface area (Å²) in [5, 5.41) is 0. The molecule has 0 bridgehead atoms. The first-order chi connectivity index (χ1) is 18.6. The molecule has 200 valence electrons. The fraction of sp³-hybridized carbons (Fsp3) is 0.389. The third kappa shape index (κ3) is 7.53. The fourth-order valence-electron chi connectivity index (χ4n) is 5.45. The van der Waals surface area contributed by atoms with Crippen LogP contribution in [0.1, 0.15) is 87.0 Å². The van der Waals surface area contributed by atoms with Crippen molar-refractivity contribution >= 4 is 0 Å². The summed E-state index contributed by atoms with van der Waals surface area (Å²) in [5.74, 6) is -0.558. The van der Waals surface area contributed by atoms with Crippen molar-refractivity contribution in [3.63, 3.8) is 0 Å². The molecule has 2 unspecified atom stereocenters. The van der Waals surface area contributed by atoms with Gasteiger partial charge in [-0.3, -0.25) is 0 Å². The summed E-state index contributed by atoms with van der Waals surface area (Å²) >= 11 is 0. The van der Waals surface area contributed by atoms with Crippen molar-refractivity contribution in [2.24, 2.45) is 5.92 Å². The predicted molar refractivity (Wildman–Crippen MR) is 158 cm³/mol. The van der Waals surface area contributed by atoms with Gasteiger partial charge in [-0.25, -0.2) is 8.78 Å². The van der Waals surface area contributed by atoms with Crippen LogP contribution in [0, 0.1) is 17.6 Å². The summed E-state index contributed by atoms with van der Waals surface area (Å²) in [4.78, 5) is 0. The molecule has 3 aromatic carbocycles. The molecule has 4 rings (SSSR count). The van der Waals surface area contributed by atoms with Crippen molar-refractivity contribution in [1.29, 1.82) is 0 Å². The van der Waals surface area contributed by atoms with Crippen LogP contribution < -0.4 is 0 Å². The molecule has 0 heterocycles. The van der Waals surface area contributed by atoms with Crippen LogP contribution in [0.15, 0.2) is 85.0 Å². The van der Waals surface area contributed by atoms with Crippen LogP contribution in [0.3, 0.4) is 0 Å². The van der Waals surface area contributed by atoms with E-state index in [4.69, 9.17) is 0 Å². The van der Waals surface area contributed by atoms with Gasteiger partial charge in [0.1, 0.15) is 0 Å².